The second-order valence-corrected chi connectivity index (χ2v) is 5.29. The van der Waals surface area contributed by atoms with Gasteiger partial charge in [0.05, 0.1) is 10.5 Å². The number of hydrogen-bond acceptors (Lipinski definition) is 5. The van der Waals surface area contributed by atoms with Crippen LogP contribution in [0.2, 0.25) is 0 Å². The number of non-ortho nitro benzene ring substituents is 1. The normalized spacial score (nSPS) is 11.9. The Bertz CT molecular complexity index is 474. The van der Waals surface area contributed by atoms with Gasteiger partial charge in [-0.3, -0.25) is 10.1 Å². The fourth-order valence-corrected chi connectivity index (χ4v) is 2.05. The lowest BCUT2D eigenvalue weighted by Gasteiger charge is -2.13. The van der Waals surface area contributed by atoms with Crippen molar-refractivity contribution in [2.75, 3.05) is 13.2 Å². The number of nitro benzene ring substituents is 1. The molecule has 0 heterocycles. The van der Waals surface area contributed by atoms with Crippen molar-refractivity contribution >= 4 is 11.7 Å². The van der Waals surface area contributed by atoms with E-state index in [4.69, 9.17) is 4.74 Å². The zero-order chi connectivity index (χ0) is 16.4. The second kappa shape index (κ2) is 9.89. The smallest absolute Gasteiger partial charge is 0.338 e. The molecule has 1 atom stereocenters. The second-order valence-electron chi connectivity index (χ2n) is 5.29. The van der Waals surface area contributed by atoms with Crippen LogP contribution in [-0.4, -0.2) is 30.1 Å². The van der Waals surface area contributed by atoms with E-state index < -0.39 is 10.9 Å². The van der Waals surface area contributed by atoms with Crippen molar-refractivity contribution in [2.24, 2.45) is 0 Å². The molecule has 0 saturated carbocycles. The zero-order valence-electron chi connectivity index (χ0n) is 13.2. The van der Waals surface area contributed by atoms with Crippen LogP contribution in [0.1, 0.15) is 49.9 Å². The summed E-state index contributed by atoms with van der Waals surface area (Å²) in [4.78, 5) is 21.8. The SMILES string of the molecule is CCCCC[C@@H](C)NCCOC(=O)c1ccc([N+](=O)[O-])cc1. The van der Waals surface area contributed by atoms with Crippen LogP contribution in [0.4, 0.5) is 5.69 Å². The van der Waals surface area contributed by atoms with Gasteiger partial charge in [-0.2, -0.15) is 0 Å². The van der Waals surface area contributed by atoms with E-state index in [-0.39, 0.29) is 12.3 Å². The molecule has 122 valence electrons. The minimum atomic E-state index is -0.501. The van der Waals surface area contributed by atoms with Crippen LogP contribution in [0.25, 0.3) is 0 Å². The highest BCUT2D eigenvalue weighted by molar-refractivity contribution is 5.89. The molecule has 0 fully saturated rings. The van der Waals surface area contributed by atoms with Gasteiger partial charge in [-0.05, 0) is 25.5 Å². The molecule has 1 aromatic carbocycles. The Kier molecular flexibility index (Phi) is 8.14. The number of nitrogens with zero attached hydrogens (tertiary/aromatic N) is 1. The van der Waals surface area contributed by atoms with Crippen LogP contribution in [-0.2, 0) is 4.74 Å². The topological polar surface area (TPSA) is 81.5 Å². The third-order valence-electron chi connectivity index (χ3n) is 3.38. The monoisotopic (exact) mass is 308 g/mol. The van der Waals surface area contributed by atoms with E-state index in [0.717, 1.165) is 6.42 Å². The van der Waals surface area contributed by atoms with Crippen LogP contribution in [0.15, 0.2) is 24.3 Å². The van der Waals surface area contributed by atoms with Gasteiger partial charge < -0.3 is 10.1 Å². The maximum Gasteiger partial charge on any atom is 0.338 e. The number of benzene rings is 1. The van der Waals surface area contributed by atoms with E-state index in [2.05, 4.69) is 19.2 Å². The molecule has 0 aliphatic rings. The molecule has 0 saturated heterocycles. The maximum absolute atomic E-state index is 11.8. The number of carbonyl (C=O) groups is 1. The molecule has 0 aliphatic heterocycles. The summed E-state index contributed by atoms with van der Waals surface area (Å²) in [6.07, 6.45) is 4.76. The van der Waals surface area contributed by atoms with Crippen molar-refractivity contribution in [1.82, 2.24) is 5.32 Å². The molecule has 1 aromatic rings. The van der Waals surface area contributed by atoms with Crippen LogP contribution in [0.5, 0.6) is 0 Å². The lowest BCUT2D eigenvalue weighted by molar-refractivity contribution is -0.384. The number of carbonyl (C=O) groups excluding carboxylic acids is 1. The van der Waals surface area contributed by atoms with Gasteiger partial charge in [0.2, 0.25) is 0 Å². The van der Waals surface area contributed by atoms with Gasteiger partial charge >= 0.3 is 5.97 Å². The minimum absolute atomic E-state index is 0.0425. The first-order chi connectivity index (χ1) is 10.5. The van der Waals surface area contributed by atoms with Gasteiger partial charge in [-0.1, -0.05) is 26.2 Å². The average Bonchev–Trinajstić information content (AvgIpc) is 2.51. The Morgan fingerprint density at radius 3 is 2.59 bits per heavy atom. The molecular formula is C16H24N2O4. The third kappa shape index (κ3) is 6.67. The Morgan fingerprint density at radius 1 is 1.32 bits per heavy atom. The molecule has 0 bridgehead atoms. The minimum Gasteiger partial charge on any atom is -0.461 e. The van der Waals surface area contributed by atoms with E-state index in [1.165, 1.54) is 43.5 Å². The summed E-state index contributed by atoms with van der Waals surface area (Å²) in [7, 11) is 0. The van der Waals surface area contributed by atoms with Crippen molar-refractivity contribution in [2.45, 2.75) is 45.6 Å². The van der Waals surface area contributed by atoms with E-state index in [9.17, 15) is 14.9 Å². The Hall–Kier alpha value is -1.95. The predicted octanol–water partition coefficient (Wildman–Crippen LogP) is 3.31. The first-order valence-corrected chi connectivity index (χ1v) is 7.69. The number of rotatable bonds is 10. The molecule has 0 unspecified atom stereocenters. The molecule has 6 heteroatoms. The fraction of sp³-hybridized carbons (Fsp3) is 0.562. The highest BCUT2D eigenvalue weighted by atomic mass is 16.6. The van der Waals surface area contributed by atoms with E-state index >= 15 is 0 Å². The molecule has 0 aromatic heterocycles. The molecule has 0 spiro atoms. The molecule has 1 rings (SSSR count). The van der Waals surface area contributed by atoms with Crippen molar-refractivity contribution < 1.29 is 14.5 Å². The van der Waals surface area contributed by atoms with Crippen LogP contribution in [0, 0.1) is 10.1 Å². The molecule has 6 nitrogen and oxygen atoms in total. The fourth-order valence-electron chi connectivity index (χ4n) is 2.05. The molecule has 0 radical (unpaired) electrons. The largest absolute Gasteiger partial charge is 0.461 e. The van der Waals surface area contributed by atoms with Crippen molar-refractivity contribution in [3.05, 3.63) is 39.9 Å². The van der Waals surface area contributed by atoms with Crippen molar-refractivity contribution in [1.29, 1.82) is 0 Å². The van der Waals surface area contributed by atoms with Crippen LogP contribution < -0.4 is 5.32 Å². The Balaban J connectivity index is 2.24. The highest BCUT2D eigenvalue weighted by Crippen LogP contribution is 2.12. The number of ether oxygens (including phenoxy) is 1. The van der Waals surface area contributed by atoms with Gasteiger partial charge in [0.15, 0.2) is 0 Å². The van der Waals surface area contributed by atoms with Crippen molar-refractivity contribution in [3.63, 3.8) is 0 Å². The van der Waals surface area contributed by atoms with Crippen LogP contribution >= 0.6 is 0 Å². The van der Waals surface area contributed by atoms with Gasteiger partial charge in [0, 0.05) is 24.7 Å². The van der Waals surface area contributed by atoms with Gasteiger partial charge in [0.1, 0.15) is 6.61 Å². The lowest BCUT2D eigenvalue weighted by atomic mass is 10.1. The quantitative estimate of drug-likeness (QED) is 0.310. The zero-order valence-corrected chi connectivity index (χ0v) is 13.2. The number of esters is 1. The summed E-state index contributed by atoms with van der Waals surface area (Å²) < 4.78 is 5.13. The number of hydrogen-bond donors (Lipinski definition) is 1. The number of nitrogens with one attached hydrogen (secondary N) is 1. The molecule has 0 amide bonds. The van der Waals surface area contributed by atoms with Gasteiger partial charge in [0.25, 0.3) is 5.69 Å². The molecule has 0 aliphatic carbocycles. The Morgan fingerprint density at radius 2 is 2.00 bits per heavy atom. The first kappa shape index (κ1) is 18.1. The summed E-state index contributed by atoms with van der Waals surface area (Å²) in [5, 5.41) is 13.8. The highest BCUT2D eigenvalue weighted by Gasteiger charge is 2.10. The lowest BCUT2D eigenvalue weighted by Crippen LogP contribution is -2.30. The number of nitro groups is 1. The number of unbranched alkanes of at least 4 members (excludes halogenated alkanes) is 2. The summed E-state index contributed by atoms with van der Waals surface area (Å²) in [5.74, 6) is -0.463. The van der Waals surface area contributed by atoms with Crippen LogP contribution in [0.3, 0.4) is 0 Å². The predicted molar refractivity (Wildman–Crippen MR) is 85.0 cm³/mol. The van der Waals surface area contributed by atoms with E-state index in [1.807, 2.05) is 0 Å². The molecule has 22 heavy (non-hydrogen) atoms. The van der Waals surface area contributed by atoms with Gasteiger partial charge in [-0.15, -0.1) is 0 Å². The standard InChI is InChI=1S/C16H24N2O4/c1-3-4-5-6-13(2)17-11-12-22-16(19)14-7-9-15(10-8-14)18(20)21/h7-10,13,17H,3-6,11-12H2,1-2H3/t13-/m1/s1. The maximum atomic E-state index is 11.8. The average molecular weight is 308 g/mol. The summed E-state index contributed by atoms with van der Waals surface area (Å²) in [5.41, 5.74) is 0.278. The molecule has 1 N–H and O–H groups in total. The Labute approximate surface area is 131 Å². The summed E-state index contributed by atoms with van der Waals surface area (Å²) >= 11 is 0. The first-order valence-electron chi connectivity index (χ1n) is 7.69. The molecular weight excluding hydrogens is 284 g/mol. The third-order valence-corrected chi connectivity index (χ3v) is 3.38. The van der Waals surface area contributed by atoms with E-state index in [0.29, 0.717) is 18.2 Å². The van der Waals surface area contributed by atoms with Crippen molar-refractivity contribution in [3.8, 4) is 0 Å². The van der Waals surface area contributed by atoms with E-state index in [1.54, 1.807) is 0 Å². The summed E-state index contributed by atoms with van der Waals surface area (Å²) in [6, 6.07) is 5.81. The summed E-state index contributed by atoms with van der Waals surface area (Å²) in [6.45, 7) is 5.18. The van der Waals surface area contributed by atoms with Gasteiger partial charge in [-0.25, -0.2) is 4.79 Å².